The average Bonchev–Trinajstić information content (AvgIpc) is 3.69. The van der Waals surface area contributed by atoms with Gasteiger partial charge in [0.25, 0.3) is 0 Å². The molecule has 1 N–H and O–H groups in total. The Bertz CT molecular complexity index is 983. The maximum Gasteiger partial charge on any atom is 0.245 e. The van der Waals surface area contributed by atoms with Crippen LogP contribution in [0.25, 0.3) is 0 Å². The highest BCUT2D eigenvalue weighted by molar-refractivity contribution is 7.13. The second-order valence-corrected chi connectivity index (χ2v) is 9.60. The highest BCUT2D eigenvalue weighted by atomic mass is 32.1. The lowest BCUT2D eigenvalue weighted by Gasteiger charge is -2.17. The molecule has 2 amide bonds. The number of amides is 2. The highest BCUT2D eigenvalue weighted by Gasteiger charge is 2.33. The van der Waals surface area contributed by atoms with Gasteiger partial charge < -0.3 is 19.7 Å². The normalized spacial score (nSPS) is 20.7. The predicted octanol–water partition coefficient (Wildman–Crippen LogP) is 3.77. The minimum atomic E-state index is -0.200. The quantitative estimate of drug-likeness (QED) is 0.641. The number of carbonyl (C=O) groups is 2. The summed E-state index contributed by atoms with van der Waals surface area (Å²) in [6.45, 7) is 1.27. The molecule has 1 aliphatic heterocycles. The number of benzene rings is 1. The molecule has 3 fully saturated rings. The molecule has 0 radical (unpaired) electrons. The van der Waals surface area contributed by atoms with Crippen LogP contribution < -0.4 is 14.8 Å². The molecule has 2 heterocycles. The largest absolute Gasteiger partial charge is 0.493 e. The van der Waals surface area contributed by atoms with Crippen molar-refractivity contribution in [1.82, 2.24) is 9.88 Å². The summed E-state index contributed by atoms with van der Waals surface area (Å²) in [5, 5.41) is 5.47. The Hall–Kier alpha value is -2.61. The molecule has 0 bridgehead atoms. The van der Waals surface area contributed by atoms with E-state index in [1.807, 2.05) is 23.6 Å². The molecule has 164 valence electrons. The van der Waals surface area contributed by atoms with E-state index < -0.39 is 0 Å². The van der Waals surface area contributed by atoms with Crippen LogP contribution in [0.3, 0.4) is 0 Å². The van der Waals surface area contributed by atoms with Gasteiger partial charge >= 0.3 is 0 Å². The van der Waals surface area contributed by atoms with Gasteiger partial charge in [-0.25, -0.2) is 4.98 Å². The predicted molar refractivity (Wildman–Crippen MR) is 118 cm³/mol. The number of ether oxygens (including phenoxy) is 2. The minimum Gasteiger partial charge on any atom is -0.493 e. The maximum absolute atomic E-state index is 12.6. The second kappa shape index (κ2) is 8.49. The Morgan fingerprint density at radius 1 is 1.23 bits per heavy atom. The number of likely N-dealkylation sites (tertiary alicyclic amines) is 1. The topological polar surface area (TPSA) is 80.8 Å². The summed E-state index contributed by atoms with van der Waals surface area (Å²) in [5.41, 5.74) is 2.11. The van der Waals surface area contributed by atoms with Crippen molar-refractivity contribution in [2.24, 2.45) is 5.92 Å². The van der Waals surface area contributed by atoms with Gasteiger partial charge in [0, 0.05) is 30.2 Å². The van der Waals surface area contributed by atoms with Crippen molar-refractivity contribution >= 4 is 28.3 Å². The van der Waals surface area contributed by atoms with Crippen molar-refractivity contribution in [1.29, 1.82) is 0 Å². The first-order valence-electron chi connectivity index (χ1n) is 10.9. The number of aromatic nitrogens is 1. The molecule has 3 aliphatic rings. The molecule has 8 heteroatoms. The van der Waals surface area contributed by atoms with Gasteiger partial charge in [0.2, 0.25) is 11.8 Å². The molecule has 5 rings (SSSR count). The average molecular weight is 442 g/mol. The van der Waals surface area contributed by atoms with E-state index in [4.69, 9.17) is 9.47 Å². The third-order valence-electron chi connectivity index (χ3n) is 6.14. The van der Waals surface area contributed by atoms with Crippen molar-refractivity contribution in [3.8, 4) is 11.5 Å². The number of hydrogen-bond donors (Lipinski definition) is 1. The lowest BCUT2D eigenvalue weighted by atomic mass is 9.98. The number of anilines is 1. The molecule has 1 aromatic carbocycles. The first kappa shape index (κ1) is 20.3. The van der Waals surface area contributed by atoms with E-state index in [1.165, 1.54) is 37.0 Å². The van der Waals surface area contributed by atoms with Crippen LogP contribution in [0.15, 0.2) is 23.6 Å². The van der Waals surface area contributed by atoms with Crippen LogP contribution in [-0.4, -0.2) is 48.5 Å². The van der Waals surface area contributed by atoms with Gasteiger partial charge in [0.15, 0.2) is 16.6 Å². The Kier molecular flexibility index (Phi) is 5.56. The zero-order valence-electron chi connectivity index (χ0n) is 17.6. The molecule has 2 aromatic rings. The minimum absolute atomic E-state index is 0.00535. The van der Waals surface area contributed by atoms with Crippen LogP contribution in [-0.2, 0) is 9.59 Å². The SMILES string of the molecule is COc1ccc([C@@H]2CC(=O)N(CC(=O)Nc3nc(C4CC4)cs3)C2)cc1OCC1CC1. The lowest BCUT2D eigenvalue weighted by molar-refractivity contribution is -0.131. The van der Waals surface area contributed by atoms with Crippen LogP contribution in [0.2, 0.25) is 0 Å². The zero-order valence-corrected chi connectivity index (χ0v) is 18.5. The fourth-order valence-electron chi connectivity index (χ4n) is 3.94. The van der Waals surface area contributed by atoms with Gasteiger partial charge in [-0.1, -0.05) is 6.07 Å². The molecular weight excluding hydrogens is 414 g/mol. The van der Waals surface area contributed by atoms with Crippen LogP contribution in [0.1, 0.15) is 55.2 Å². The number of carbonyl (C=O) groups excluding carboxylic acids is 2. The van der Waals surface area contributed by atoms with Crippen molar-refractivity contribution in [2.75, 3.05) is 32.1 Å². The zero-order chi connectivity index (χ0) is 21.4. The number of rotatable bonds is 9. The summed E-state index contributed by atoms with van der Waals surface area (Å²) in [5.74, 6) is 2.47. The number of methoxy groups -OCH3 is 1. The standard InChI is InChI=1S/C23H27N3O4S/c1-29-19-7-6-16(8-20(19)30-12-14-2-3-14)17-9-22(28)26(10-17)11-21(27)25-23-24-18(13-31-23)15-4-5-15/h6-8,13-15,17H,2-5,9-12H2,1H3,(H,24,25,27)/t17-/m1/s1. The summed E-state index contributed by atoms with van der Waals surface area (Å²) in [6.07, 6.45) is 5.20. The van der Waals surface area contributed by atoms with E-state index in [0.29, 0.717) is 42.3 Å². The van der Waals surface area contributed by atoms with Crippen LogP contribution >= 0.6 is 11.3 Å². The summed E-state index contributed by atoms with van der Waals surface area (Å²) >= 11 is 1.45. The van der Waals surface area contributed by atoms with Gasteiger partial charge in [-0.15, -0.1) is 11.3 Å². The maximum atomic E-state index is 12.6. The summed E-state index contributed by atoms with van der Waals surface area (Å²) in [7, 11) is 1.63. The molecule has 1 atom stereocenters. The van der Waals surface area contributed by atoms with Crippen molar-refractivity contribution in [2.45, 2.75) is 43.9 Å². The highest BCUT2D eigenvalue weighted by Crippen LogP contribution is 2.41. The fraction of sp³-hybridized carbons (Fsp3) is 0.522. The summed E-state index contributed by atoms with van der Waals surface area (Å²) in [6, 6.07) is 5.87. The summed E-state index contributed by atoms with van der Waals surface area (Å²) in [4.78, 5) is 31.1. The first-order valence-corrected chi connectivity index (χ1v) is 11.8. The van der Waals surface area contributed by atoms with Gasteiger partial charge in [-0.05, 0) is 49.3 Å². The van der Waals surface area contributed by atoms with E-state index >= 15 is 0 Å². The third-order valence-corrected chi connectivity index (χ3v) is 6.92. The van der Waals surface area contributed by atoms with Gasteiger partial charge in [0.05, 0.1) is 26.0 Å². The Labute approximate surface area is 185 Å². The molecule has 0 spiro atoms. The van der Waals surface area contributed by atoms with Crippen molar-refractivity contribution in [3.63, 3.8) is 0 Å². The molecule has 1 saturated heterocycles. The third kappa shape index (κ3) is 4.84. The smallest absolute Gasteiger partial charge is 0.245 e. The number of hydrogen-bond acceptors (Lipinski definition) is 6. The van der Waals surface area contributed by atoms with Crippen LogP contribution in [0.5, 0.6) is 11.5 Å². The fourth-order valence-corrected chi connectivity index (χ4v) is 4.75. The van der Waals surface area contributed by atoms with Crippen LogP contribution in [0, 0.1) is 5.92 Å². The second-order valence-electron chi connectivity index (χ2n) is 8.74. The summed E-state index contributed by atoms with van der Waals surface area (Å²) < 4.78 is 11.4. The van der Waals surface area contributed by atoms with Crippen molar-refractivity contribution < 1.29 is 19.1 Å². The van der Waals surface area contributed by atoms with Crippen molar-refractivity contribution in [3.05, 3.63) is 34.8 Å². The number of thiazole rings is 1. The van der Waals surface area contributed by atoms with E-state index in [9.17, 15) is 9.59 Å². The Morgan fingerprint density at radius 3 is 2.81 bits per heavy atom. The van der Waals surface area contributed by atoms with E-state index in [-0.39, 0.29) is 24.3 Å². The number of nitrogens with zero attached hydrogens (tertiary/aromatic N) is 2. The molecule has 0 unspecified atom stereocenters. The molecule has 2 saturated carbocycles. The molecular formula is C23H27N3O4S. The van der Waals surface area contributed by atoms with E-state index in [0.717, 1.165) is 17.0 Å². The number of nitrogens with one attached hydrogen (secondary N) is 1. The Morgan fingerprint density at radius 2 is 2.06 bits per heavy atom. The van der Waals surface area contributed by atoms with Crippen LogP contribution in [0.4, 0.5) is 5.13 Å². The van der Waals surface area contributed by atoms with Gasteiger partial charge in [-0.3, -0.25) is 9.59 Å². The van der Waals surface area contributed by atoms with E-state index in [2.05, 4.69) is 10.3 Å². The Balaban J connectivity index is 1.19. The lowest BCUT2D eigenvalue weighted by Crippen LogP contribution is -2.34. The molecule has 2 aliphatic carbocycles. The van der Waals surface area contributed by atoms with Gasteiger partial charge in [0.1, 0.15) is 0 Å². The molecule has 1 aromatic heterocycles. The van der Waals surface area contributed by atoms with Gasteiger partial charge in [-0.2, -0.15) is 0 Å². The molecule has 7 nitrogen and oxygen atoms in total. The monoisotopic (exact) mass is 441 g/mol. The first-order chi connectivity index (χ1) is 15.1. The molecule has 31 heavy (non-hydrogen) atoms. The van der Waals surface area contributed by atoms with E-state index in [1.54, 1.807) is 12.0 Å².